The first-order chi connectivity index (χ1) is 6.45. The summed E-state index contributed by atoms with van der Waals surface area (Å²) in [6.07, 6.45) is 6.06. The van der Waals surface area contributed by atoms with Crippen LogP contribution < -0.4 is 10.2 Å². The fourth-order valence-electron chi connectivity index (χ4n) is 2.23. The highest BCUT2D eigenvalue weighted by atomic mass is 15.3. The summed E-state index contributed by atoms with van der Waals surface area (Å²) in [6, 6.07) is 0.655. The van der Waals surface area contributed by atoms with Crippen LogP contribution in [-0.4, -0.2) is 29.1 Å². The molecule has 0 saturated carbocycles. The topological polar surface area (TPSA) is 41.1 Å². The van der Waals surface area contributed by atoms with Gasteiger partial charge < -0.3 is 10.2 Å². The summed E-state index contributed by atoms with van der Waals surface area (Å²) in [6.45, 7) is 2.19. The maximum absolute atomic E-state index is 4.31. The Morgan fingerprint density at radius 1 is 1.54 bits per heavy atom. The van der Waals surface area contributed by atoms with E-state index in [1.165, 1.54) is 12.8 Å². The van der Waals surface area contributed by atoms with Gasteiger partial charge in [0.15, 0.2) is 5.82 Å². The minimum absolute atomic E-state index is 0.655. The normalized spacial score (nSPS) is 24.9. The SMILES string of the molecule is c1ncc2c(n1)N1CCCC1CN2. The van der Waals surface area contributed by atoms with Crippen molar-refractivity contribution in [3.8, 4) is 0 Å². The second-order valence-electron chi connectivity index (χ2n) is 3.63. The molecule has 1 atom stereocenters. The van der Waals surface area contributed by atoms with E-state index in [9.17, 15) is 0 Å². The van der Waals surface area contributed by atoms with Crippen LogP contribution in [0.4, 0.5) is 11.5 Å². The lowest BCUT2D eigenvalue weighted by atomic mass is 10.2. The predicted octanol–water partition coefficient (Wildman–Crippen LogP) is 0.871. The van der Waals surface area contributed by atoms with E-state index in [4.69, 9.17) is 0 Å². The van der Waals surface area contributed by atoms with E-state index < -0.39 is 0 Å². The molecule has 13 heavy (non-hydrogen) atoms. The van der Waals surface area contributed by atoms with Crippen molar-refractivity contribution in [2.45, 2.75) is 18.9 Å². The Balaban J connectivity index is 2.06. The molecule has 0 spiro atoms. The van der Waals surface area contributed by atoms with Gasteiger partial charge in [-0.05, 0) is 12.8 Å². The molecule has 1 saturated heterocycles. The highest BCUT2D eigenvalue weighted by molar-refractivity contribution is 5.67. The van der Waals surface area contributed by atoms with Crippen LogP contribution >= 0.6 is 0 Å². The van der Waals surface area contributed by atoms with E-state index >= 15 is 0 Å². The molecule has 68 valence electrons. The molecule has 1 fully saturated rings. The summed E-state index contributed by atoms with van der Waals surface area (Å²) in [5.41, 5.74) is 1.08. The van der Waals surface area contributed by atoms with Crippen molar-refractivity contribution < 1.29 is 0 Å². The zero-order chi connectivity index (χ0) is 8.67. The molecule has 1 N–H and O–H groups in total. The monoisotopic (exact) mass is 176 g/mol. The third-order valence-electron chi connectivity index (χ3n) is 2.87. The van der Waals surface area contributed by atoms with E-state index in [1.807, 2.05) is 6.20 Å². The van der Waals surface area contributed by atoms with Crippen LogP contribution in [0.3, 0.4) is 0 Å². The summed E-state index contributed by atoms with van der Waals surface area (Å²) < 4.78 is 0. The van der Waals surface area contributed by atoms with Crippen LogP contribution in [0.5, 0.6) is 0 Å². The number of anilines is 2. The Morgan fingerprint density at radius 2 is 2.54 bits per heavy atom. The van der Waals surface area contributed by atoms with E-state index in [0.717, 1.165) is 24.6 Å². The van der Waals surface area contributed by atoms with Gasteiger partial charge >= 0.3 is 0 Å². The number of fused-ring (bicyclic) bond motifs is 3. The smallest absolute Gasteiger partial charge is 0.155 e. The van der Waals surface area contributed by atoms with Crippen LogP contribution in [0.25, 0.3) is 0 Å². The lowest BCUT2D eigenvalue weighted by Gasteiger charge is -2.32. The second kappa shape index (κ2) is 2.58. The van der Waals surface area contributed by atoms with Crippen molar-refractivity contribution in [1.82, 2.24) is 9.97 Å². The fraction of sp³-hybridized carbons (Fsp3) is 0.556. The van der Waals surface area contributed by atoms with Gasteiger partial charge in [0.05, 0.1) is 11.9 Å². The summed E-state index contributed by atoms with van der Waals surface area (Å²) >= 11 is 0. The van der Waals surface area contributed by atoms with Gasteiger partial charge in [-0.15, -0.1) is 0 Å². The third-order valence-corrected chi connectivity index (χ3v) is 2.87. The van der Waals surface area contributed by atoms with E-state index in [2.05, 4.69) is 20.2 Å². The van der Waals surface area contributed by atoms with Gasteiger partial charge in [0, 0.05) is 19.1 Å². The molecular formula is C9H12N4. The molecule has 2 aliphatic rings. The van der Waals surface area contributed by atoms with Gasteiger partial charge in [-0.1, -0.05) is 0 Å². The molecule has 4 nitrogen and oxygen atoms in total. The number of hydrogen-bond acceptors (Lipinski definition) is 4. The Labute approximate surface area is 77.0 Å². The van der Waals surface area contributed by atoms with Gasteiger partial charge in [-0.25, -0.2) is 9.97 Å². The number of nitrogens with one attached hydrogen (secondary N) is 1. The lowest BCUT2D eigenvalue weighted by molar-refractivity contribution is 0.673. The molecule has 0 amide bonds. The maximum Gasteiger partial charge on any atom is 0.155 e. The lowest BCUT2D eigenvalue weighted by Crippen LogP contribution is -2.39. The third kappa shape index (κ3) is 0.978. The second-order valence-corrected chi connectivity index (χ2v) is 3.63. The van der Waals surface area contributed by atoms with Crippen LogP contribution in [-0.2, 0) is 0 Å². The summed E-state index contributed by atoms with van der Waals surface area (Å²) in [7, 11) is 0. The standard InChI is InChI=1S/C9H12N4/c1-2-7-4-11-8-5-10-6-12-9(8)13(7)3-1/h5-7,11H,1-4H2. The molecule has 3 rings (SSSR count). The van der Waals surface area contributed by atoms with Gasteiger partial charge in [0.1, 0.15) is 6.33 Å². The van der Waals surface area contributed by atoms with Crippen LogP contribution in [0.2, 0.25) is 0 Å². The van der Waals surface area contributed by atoms with Gasteiger partial charge in [0.25, 0.3) is 0 Å². The Bertz CT molecular complexity index is 325. The zero-order valence-corrected chi connectivity index (χ0v) is 7.40. The molecule has 1 aromatic heterocycles. The van der Waals surface area contributed by atoms with Crippen molar-refractivity contribution >= 4 is 11.5 Å². The van der Waals surface area contributed by atoms with Crippen molar-refractivity contribution in [2.75, 3.05) is 23.3 Å². The molecule has 0 aromatic carbocycles. The Hall–Kier alpha value is -1.32. The first-order valence-corrected chi connectivity index (χ1v) is 4.75. The first kappa shape index (κ1) is 7.12. The first-order valence-electron chi connectivity index (χ1n) is 4.75. The van der Waals surface area contributed by atoms with Crippen molar-refractivity contribution in [2.24, 2.45) is 0 Å². The minimum Gasteiger partial charge on any atom is -0.379 e. The quantitative estimate of drug-likeness (QED) is 0.637. The maximum atomic E-state index is 4.31. The van der Waals surface area contributed by atoms with Crippen LogP contribution in [0.15, 0.2) is 12.5 Å². The van der Waals surface area contributed by atoms with Crippen molar-refractivity contribution in [1.29, 1.82) is 0 Å². The number of nitrogens with zero attached hydrogens (tertiary/aromatic N) is 3. The van der Waals surface area contributed by atoms with Gasteiger partial charge in [-0.2, -0.15) is 0 Å². The summed E-state index contributed by atoms with van der Waals surface area (Å²) in [5.74, 6) is 1.09. The molecule has 4 heteroatoms. The molecular weight excluding hydrogens is 164 g/mol. The average molecular weight is 176 g/mol. The molecule has 0 radical (unpaired) electrons. The molecule has 1 aromatic rings. The Kier molecular flexibility index (Phi) is 1.41. The van der Waals surface area contributed by atoms with Crippen molar-refractivity contribution in [3.05, 3.63) is 12.5 Å². The van der Waals surface area contributed by atoms with Crippen LogP contribution in [0.1, 0.15) is 12.8 Å². The average Bonchev–Trinajstić information content (AvgIpc) is 2.65. The molecule has 3 heterocycles. The summed E-state index contributed by atoms with van der Waals surface area (Å²) in [4.78, 5) is 10.7. The Morgan fingerprint density at radius 3 is 3.54 bits per heavy atom. The van der Waals surface area contributed by atoms with Gasteiger partial charge in [0.2, 0.25) is 0 Å². The van der Waals surface area contributed by atoms with Crippen LogP contribution in [0, 0.1) is 0 Å². The zero-order valence-electron chi connectivity index (χ0n) is 7.40. The highest BCUT2D eigenvalue weighted by Gasteiger charge is 2.30. The van der Waals surface area contributed by atoms with E-state index in [0.29, 0.717) is 6.04 Å². The van der Waals surface area contributed by atoms with E-state index in [1.54, 1.807) is 6.33 Å². The molecule has 0 aliphatic carbocycles. The van der Waals surface area contributed by atoms with Crippen molar-refractivity contribution in [3.63, 3.8) is 0 Å². The van der Waals surface area contributed by atoms with E-state index in [-0.39, 0.29) is 0 Å². The molecule has 0 bridgehead atoms. The minimum atomic E-state index is 0.655. The van der Waals surface area contributed by atoms with Gasteiger partial charge in [-0.3, -0.25) is 0 Å². The molecule has 1 unspecified atom stereocenters. The number of hydrogen-bond donors (Lipinski definition) is 1. The fourth-order valence-corrected chi connectivity index (χ4v) is 2.23. The number of rotatable bonds is 0. The molecule has 2 aliphatic heterocycles. The predicted molar refractivity (Wildman–Crippen MR) is 50.9 cm³/mol. The highest BCUT2D eigenvalue weighted by Crippen LogP contribution is 2.32. The summed E-state index contributed by atoms with van der Waals surface area (Å²) in [5, 5.41) is 3.37. The largest absolute Gasteiger partial charge is 0.379 e. The number of aromatic nitrogens is 2.